The summed E-state index contributed by atoms with van der Waals surface area (Å²) in [7, 11) is 1.93. The molecule has 0 radical (unpaired) electrons. The maximum Gasteiger partial charge on any atom is 0.260 e. The molecule has 1 aromatic carbocycles. The minimum absolute atomic E-state index is 0.00469. The van der Waals surface area contributed by atoms with Gasteiger partial charge in [-0.25, -0.2) is 0 Å². The number of rotatable bonds is 4. The van der Waals surface area contributed by atoms with Crippen LogP contribution in [-0.4, -0.2) is 45.3 Å². The number of nitrogens with zero attached hydrogens (tertiary/aromatic N) is 4. The normalized spacial score (nSPS) is 18.0. The highest BCUT2D eigenvalue weighted by Gasteiger charge is 2.27. The topological polar surface area (TPSA) is 60.2 Å². The lowest BCUT2D eigenvalue weighted by molar-refractivity contribution is -0.134. The summed E-state index contributed by atoms with van der Waals surface area (Å²) in [5, 5.41) is 8.60. The first-order valence-electron chi connectivity index (χ1n) is 7.64. The van der Waals surface area contributed by atoms with Crippen molar-refractivity contribution in [3.8, 4) is 5.75 Å². The van der Waals surface area contributed by atoms with E-state index in [1.165, 1.54) is 0 Å². The largest absolute Gasteiger partial charge is 0.482 e. The van der Waals surface area contributed by atoms with Gasteiger partial charge in [0.1, 0.15) is 17.9 Å². The molecule has 1 saturated heterocycles. The Morgan fingerprint density at radius 3 is 3.00 bits per heavy atom. The molecule has 1 aliphatic rings. The van der Waals surface area contributed by atoms with Gasteiger partial charge in [-0.2, -0.15) is 0 Å². The third-order valence-corrected chi connectivity index (χ3v) is 4.39. The fourth-order valence-corrected chi connectivity index (χ4v) is 3.06. The number of aryl methyl sites for hydroxylation is 1. The molecule has 2 aromatic rings. The SMILES string of the molecule is Cn1cnnc1C1CCCN(C(=O)COc2ccccc2Cl)C1. The average Bonchev–Trinajstić information content (AvgIpc) is 3.00. The van der Waals surface area contributed by atoms with Crippen molar-refractivity contribution < 1.29 is 9.53 Å². The second-order valence-electron chi connectivity index (χ2n) is 5.70. The van der Waals surface area contributed by atoms with Crippen molar-refractivity contribution in [3.63, 3.8) is 0 Å². The summed E-state index contributed by atoms with van der Waals surface area (Å²) in [5.74, 6) is 1.65. The molecule has 1 amide bonds. The summed E-state index contributed by atoms with van der Waals surface area (Å²) in [4.78, 5) is 14.2. The highest BCUT2D eigenvalue weighted by molar-refractivity contribution is 6.32. The first-order valence-corrected chi connectivity index (χ1v) is 8.02. The number of aromatic nitrogens is 3. The van der Waals surface area contributed by atoms with E-state index >= 15 is 0 Å². The van der Waals surface area contributed by atoms with Gasteiger partial charge in [0.05, 0.1) is 5.02 Å². The molecule has 1 aromatic heterocycles. The second-order valence-corrected chi connectivity index (χ2v) is 6.11. The third kappa shape index (κ3) is 3.64. The van der Waals surface area contributed by atoms with Crippen molar-refractivity contribution in [2.24, 2.45) is 7.05 Å². The number of amides is 1. The number of carbonyl (C=O) groups excluding carboxylic acids is 1. The highest BCUT2D eigenvalue weighted by atomic mass is 35.5. The van der Waals surface area contributed by atoms with E-state index in [1.54, 1.807) is 18.5 Å². The van der Waals surface area contributed by atoms with Gasteiger partial charge in [-0.15, -0.1) is 10.2 Å². The number of hydrogen-bond donors (Lipinski definition) is 0. The van der Waals surface area contributed by atoms with Crippen molar-refractivity contribution in [1.82, 2.24) is 19.7 Å². The molecule has 0 N–H and O–H groups in total. The Balaban J connectivity index is 1.59. The van der Waals surface area contributed by atoms with Gasteiger partial charge in [0.2, 0.25) is 0 Å². The summed E-state index contributed by atoms with van der Waals surface area (Å²) >= 11 is 6.03. The van der Waals surface area contributed by atoms with Crippen molar-refractivity contribution >= 4 is 17.5 Å². The lowest BCUT2D eigenvalue weighted by atomic mass is 9.97. The molecule has 2 heterocycles. The van der Waals surface area contributed by atoms with E-state index < -0.39 is 0 Å². The number of halogens is 1. The number of para-hydroxylation sites is 1. The fraction of sp³-hybridized carbons (Fsp3) is 0.438. The zero-order valence-electron chi connectivity index (χ0n) is 13.0. The molecule has 1 fully saturated rings. The number of piperidine rings is 1. The molecule has 1 unspecified atom stereocenters. The van der Waals surface area contributed by atoms with Crippen LogP contribution in [0.3, 0.4) is 0 Å². The minimum atomic E-state index is -0.0308. The quantitative estimate of drug-likeness (QED) is 0.860. The van der Waals surface area contributed by atoms with E-state index in [4.69, 9.17) is 16.3 Å². The van der Waals surface area contributed by atoms with Crippen LogP contribution in [0.4, 0.5) is 0 Å². The molecule has 1 atom stereocenters. The third-order valence-electron chi connectivity index (χ3n) is 4.07. The Hall–Kier alpha value is -2.08. The smallest absolute Gasteiger partial charge is 0.260 e. The van der Waals surface area contributed by atoms with Crippen LogP contribution < -0.4 is 4.74 Å². The van der Waals surface area contributed by atoms with Gasteiger partial charge in [0.25, 0.3) is 5.91 Å². The molecule has 6 nitrogen and oxygen atoms in total. The molecule has 3 rings (SSSR count). The van der Waals surface area contributed by atoms with Crippen molar-refractivity contribution in [1.29, 1.82) is 0 Å². The summed E-state index contributed by atoms with van der Waals surface area (Å²) in [5.41, 5.74) is 0. The van der Waals surface area contributed by atoms with Crippen molar-refractivity contribution in [2.75, 3.05) is 19.7 Å². The molecule has 0 saturated carbocycles. The van der Waals surface area contributed by atoms with Gasteiger partial charge < -0.3 is 14.2 Å². The molecule has 0 spiro atoms. The summed E-state index contributed by atoms with van der Waals surface area (Å²) in [6.45, 7) is 1.39. The summed E-state index contributed by atoms with van der Waals surface area (Å²) in [6, 6.07) is 7.16. The Morgan fingerprint density at radius 1 is 1.43 bits per heavy atom. The molecule has 23 heavy (non-hydrogen) atoms. The predicted molar refractivity (Wildman–Crippen MR) is 86.5 cm³/mol. The van der Waals surface area contributed by atoms with E-state index in [9.17, 15) is 4.79 Å². The van der Waals surface area contributed by atoms with Gasteiger partial charge >= 0.3 is 0 Å². The van der Waals surface area contributed by atoms with E-state index in [-0.39, 0.29) is 18.4 Å². The molecule has 0 bridgehead atoms. The van der Waals surface area contributed by atoms with Crippen molar-refractivity contribution in [2.45, 2.75) is 18.8 Å². The van der Waals surface area contributed by atoms with Crippen LogP contribution in [0.25, 0.3) is 0 Å². The number of benzene rings is 1. The molecule has 0 aliphatic carbocycles. The van der Waals surface area contributed by atoms with Crippen LogP contribution >= 0.6 is 11.6 Å². The Labute approximate surface area is 140 Å². The maximum atomic E-state index is 12.4. The molecular formula is C16H19ClN4O2. The maximum absolute atomic E-state index is 12.4. The van der Waals surface area contributed by atoms with E-state index in [0.29, 0.717) is 17.3 Å². The molecule has 7 heteroatoms. The van der Waals surface area contributed by atoms with E-state index in [0.717, 1.165) is 25.2 Å². The molecular weight excluding hydrogens is 316 g/mol. The number of carbonyl (C=O) groups is 1. The van der Waals surface area contributed by atoms with Gasteiger partial charge in [-0.1, -0.05) is 23.7 Å². The van der Waals surface area contributed by atoms with Crippen LogP contribution in [0.2, 0.25) is 5.02 Å². The van der Waals surface area contributed by atoms with Crippen LogP contribution in [0, 0.1) is 0 Å². The Morgan fingerprint density at radius 2 is 2.26 bits per heavy atom. The summed E-state index contributed by atoms with van der Waals surface area (Å²) < 4.78 is 7.46. The number of ether oxygens (including phenoxy) is 1. The monoisotopic (exact) mass is 334 g/mol. The number of likely N-dealkylation sites (tertiary alicyclic amines) is 1. The number of hydrogen-bond acceptors (Lipinski definition) is 4. The van der Waals surface area contributed by atoms with E-state index in [2.05, 4.69) is 10.2 Å². The molecule has 1 aliphatic heterocycles. The van der Waals surface area contributed by atoms with Crippen LogP contribution in [-0.2, 0) is 11.8 Å². The zero-order chi connectivity index (χ0) is 16.2. The van der Waals surface area contributed by atoms with Crippen molar-refractivity contribution in [3.05, 3.63) is 41.4 Å². The summed E-state index contributed by atoms with van der Waals surface area (Å²) in [6.07, 6.45) is 3.66. The lowest BCUT2D eigenvalue weighted by Crippen LogP contribution is -2.42. The second kappa shape index (κ2) is 7.00. The first kappa shape index (κ1) is 15.8. The fourth-order valence-electron chi connectivity index (χ4n) is 2.87. The average molecular weight is 335 g/mol. The van der Waals surface area contributed by atoms with Gasteiger partial charge in [-0.3, -0.25) is 4.79 Å². The predicted octanol–water partition coefficient (Wildman–Crippen LogP) is 2.25. The van der Waals surface area contributed by atoms with Gasteiger partial charge in [-0.05, 0) is 25.0 Å². The van der Waals surface area contributed by atoms with Crippen LogP contribution in [0.5, 0.6) is 5.75 Å². The Kier molecular flexibility index (Phi) is 4.81. The highest BCUT2D eigenvalue weighted by Crippen LogP contribution is 2.26. The van der Waals surface area contributed by atoms with Crippen LogP contribution in [0.1, 0.15) is 24.6 Å². The lowest BCUT2D eigenvalue weighted by Gasteiger charge is -2.32. The first-order chi connectivity index (χ1) is 11.1. The molecule has 122 valence electrons. The zero-order valence-corrected chi connectivity index (χ0v) is 13.7. The van der Waals surface area contributed by atoms with Gasteiger partial charge in [0, 0.05) is 26.1 Å². The standard InChI is InChI=1S/C16H19ClN4O2/c1-20-11-18-19-16(20)12-5-4-8-21(9-12)15(22)10-23-14-7-3-2-6-13(14)17/h2-3,6-7,11-12H,4-5,8-10H2,1H3. The minimum Gasteiger partial charge on any atom is -0.482 e. The van der Waals surface area contributed by atoms with E-state index in [1.807, 2.05) is 28.6 Å². The van der Waals surface area contributed by atoms with Gasteiger partial charge in [0.15, 0.2) is 6.61 Å². The Bertz CT molecular complexity index is 688. The van der Waals surface area contributed by atoms with Crippen LogP contribution in [0.15, 0.2) is 30.6 Å².